The van der Waals surface area contributed by atoms with Gasteiger partial charge in [-0.1, -0.05) is 23.5 Å². The van der Waals surface area contributed by atoms with E-state index in [1.807, 2.05) is 6.92 Å². The van der Waals surface area contributed by atoms with Crippen LogP contribution in [0.3, 0.4) is 0 Å². The molecule has 3 heterocycles. The van der Waals surface area contributed by atoms with Gasteiger partial charge in [-0.25, -0.2) is 9.97 Å². The summed E-state index contributed by atoms with van der Waals surface area (Å²) in [6, 6.07) is 5.36. The lowest BCUT2D eigenvalue weighted by Gasteiger charge is -2.32. The number of aryl methyl sites for hydroxylation is 1. The van der Waals surface area contributed by atoms with Crippen LogP contribution < -0.4 is 9.64 Å². The molecule has 0 bridgehead atoms. The van der Waals surface area contributed by atoms with Crippen molar-refractivity contribution in [2.45, 2.75) is 32.0 Å². The number of hydrogen-bond donors (Lipinski definition) is 0. The molecule has 1 aliphatic rings. The van der Waals surface area contributed by atoms with Gasteiger partial charge in [0.25, 0.3) is 0 Å². The quantitative estimate of drug-likeness (QED) is 0.656. The van der Waals surface area contributed by atoms with Crippen LogP contribution in [0.2, 0.25) is 0 Å². The summed E-state index contributed by atoms with van der Waals surface area (Å²) in [5, 5.41) is 0.860. The molecule has 0 saturated carbocycles. The molecule has 1 aromatic carbocycles. The number of para-hydroxylation sites is 1. The van der Waals surface area contributed by atoms with E-state index < -0.39 is 11.7 Å². The number of alkyl halides is 3. The van der Waals surface area contributed by atoms with E-state index in [9.17, 15) is 13.2 Å². The highest BCUT2D eigenvalue weighted by Gasteiger charge is 2.35. The molecule has 3 aromatic rings. The predicted molar refractivity (Wildman–Crippen MR) is 97.3 cm³/mol. The van der Waals surface area contributed by atoms with Gasteiger partial charge in [-0.2, -0.15) is 18.2 Å². The summed E-state index contributed by atoms with van der Waals surface area (Å²) in [4.78, 5) is 15.2. The maximum atomic E-state index is 13.1. The number of rotatable bonds is 3. The summed E-state index contributed by atoms with van der Waals surface area (Å²) in [6.07, 6.45) is -1.64. The minimum atomic E-state index is -4.42. The summed E-state index contributed by atoms with van der Waals surface area (Å²) in [7, 11) is 0. The van der Waals surface area contributed by atoms with Crippen molar-refractivity contribution in [1.82, 2.24) is 15.0 Å². The lowest BCUT2D eigenvalue weighted by molar-refractivity contribution is -0.139. The average Bonchev–Trinajstić information content (AvgIpc) is 3.05. The van der Waals surface area contributed by atoms with Gasteiger partial charge in [0.2, 0.25) is 0 Å². The van der Waals surface area contributed by atoms with E-state index in [-0.39, 0.29) is 11.9 Å². The van der Waals surface area contributed by atoms with Crippen molar-refractivity contribution in [3.05, 3.63) is 41.9 Å². The molecule has 1 fully saturated rings. The lowest BCUT2D eigenvalue weighted by atomic mass is 10.1. The number of halogens is 3. The van der Waals surface area contributed by atoms with E-state index in [1.54, 1.807) is 12.3 Å². The normalized spacial score (nSPS) is 16.1. The highest BCUT2D eigenvalue weighted by molar-refractivity contribution is 7.22. The van der Waals surface area contributed by atoms with Crippen LogP contribution in [0, 0.1) is 6.92 Å². The second-order valence-corrected chi connectivity index (χ2v) is 7.41. The zero-order valence-corrected chi connectivity index (χ0v) is 15.3. The Morgan fingerprint density at radius 3 is 2.63 bits per heavy atom. The minimum Gasteiger partial charge on any atom is -0.490 e. The maximum Gasteiger partial charge on any atom is 0.419 e. The van der Waals surface area contributed by atoms with Crippen LogP contribution in [0.1, 0.15) is 24.2 Å². The largest absolute Gasteiger partial charge is 0.490 e. The number of benzene rings is 1. The van der Waals surface area contributed by atoms with Crippen LogP contribution in [0.25, 0.3) is 10.3 Å². The Bertz CT molecular complexity index is 951. The topological polar surface area (TPSA) is 51.1 Å². The first-order valence-corrected chi connectivity index (χ1v) is 9.40. The van der Waals surface area contributed by atoms with Gasteiger partial charge in [0.15, 0.2) is 10.8 Å². The third-order valence-electron chi connectivity index (χ3n) is 4.46. The molecule has 0 radical (unpaired) electrons. The van der Waals surface area contributed by atoms with Gasteiger partial charge in [0.05, 0.1) is 16.5 Å². The molecule has 0 atom stereocenters. The molecule has 9 heteroatoms. The number of anilines is 1. The third-order valence-corrected chi connectivity index (χ3v) is 5.50. The van der Waals surface area contributed by atoms with Crippen molar-refractivity contribution < 1.29 is 17.9 Å². The SMILES string of the molecule is Cc1ncc2sc(N3CCC(Oc4ccccc4C(F)(F)F)CC3)nc2n1. The Morgan fingerprint density at radius 1 is 1.15 bits per heavy atom. The molecule has 0 aliphatic carbocycles. The fraction of sp³-hybridized carbons (Fsp3) is 0.389. The van der Waals surface area contributed by atoms with Crippen LogP contribution in [-0.4, -0.2) is 34.1 Å². The van der Waals surface area contributed by atoms with Crippen molar-refractivity contribution in [1.29, 1.82) is 0 Å². The number of thiazole rings is 1. The number of hydrogen-bond acceptors (Lipinski definition) is 6. The Balaban J connectivity index is 1.43. The Labute approximate surface area is 157 Å². The van der Waals surface area contributed by atoms with Crippen LogP contribution in [0.5, 0.6) is 5.75 Å². The van der Waals surface area contributed by atoms with Crippen LogP contribution in [0.4, 0.5) is 18.3 Å². The van der Waals surface area contributed by atoms with E-state index in [4.69, 9.17) is 4.74 Å². The lowest BCUT2D eigenvalue weighted by Crippen LogP contribution is -2.38. The molecular weight excluding hydrogens is 377 g/mol. The number of fused-ring (bicyclic) bond motifs is 1. The van der Waals surface area contributed by atoms with E-state index in [2.05, 4.69) is 19.9 Å². The van der Waals surface area contributed by atoms with Crippen molar-refractivity contribution >= 4 is 26.8 Å². The zero-order valence-electron chi connectivity index (χ0n) is 14.5. The van der Waals surface area contributed by atoms with Crippen LogP contribution in [-0.2, 0) is 6.18 Å². The van der Waals surface area contributed by atoms with Gasteiger partial charge < -0.3 is 9.64 Å². The summed E-state index contributed by atoms with van der Waals surface area (Å²) in [5.74, 6) is 0.573. The first-order chi connectivity index (χ1) is 12.9. The van der Waals surface area contributed by atoms with Crippen molar-refractivity contribution in [3.8, 4) is 5.75 Å². The van der Waals surface area contributed by atoms with E-state index in [1.165, 1.54) is 23.5 Å². The van der Waals surface area contributed by atoms with Crippen molar-refractivity contribution in [2.24, 2.45) is 0 Å². The zero-order chi connectivity index (χ0) is 19.0. The van der Waals surface area contributed by atoms with Gasteiger partial charge in [-0.05, 0) is 19.1 Å². The van der Waals surface area contributed by atoms with Gasteiger partial charge in [-0.3, -0.25) is 0 Å². The summed E-state index contributed by atoms with van der Waals surface area (Å²) >= 11 is 1.52. The second kappa shape index (κ2) is 6.95. The highest BCUT2D eigenvalue weighted by atomic mass is 32.1. The van der Waals surface area contributed by atoms with E-state index in [0.29, 0.717) is 37.4 Å². The molecule has 0 amide bonds. The number of piperidine rings is 1. The minimum absolute atomic E-state index is 0.103. The van der Waals surface area contributed by atoms with Crippen molar-refractivity contribution in [2.75, 3.05) is 18.0 Å². The maximum absolute atomic E-state index is 13.1. The number of nitrogens with zero attached hydrogens (tertiary/aromatic N) is 4. The molecule has 0 unspecified atom stereocenters. The van der Waals surface area contributed by atoms with Crippen LogP contribution in [0.15, 0.2) is 30.5 Å². The monoisotopic (exact) mass is 394 g/mol. The molecule has 4 rings (SSSR count). The summed E-state index contributed by atoms with van der Waals surface area (Å²) < 4.78 is 45.9. The summed E-state index contributed by atoms with van der Waals surface area (Å²) in [6.45, 7) is 3.16. The molecule has 27 heavy (non-hydrogen) atoms. The van der Waals surface area contributed by atoms with Crippen molar-refractivity contribution in [3.63, 3.8) is 0 Å². The molecule has 2 aromatic heterocycles. The molecule has 1 aliphatic heterocycles. The standard InChI is InChI=1S/C18H17F3N4OS/c1-11-22-10-15-16(23-11)24-17(27-15)25-8-6-12(7-9-25)26-14-5-3-2-4-13(14)18(19,20)21/h2-5,10,12H,6-9H2,1H3. The molecular formula is C18H17F3N4OS. The predicted octanol–water partition coefficient (Wildman–Crippen LogP) is 4.46. The second-order valence-electron chi connectivity index (χ2n) is 6.40. The van der Waals surface area contributed by atoms with Gasteiger partial charge >= 0.3 is 6.18 Å². The smallest absolute Gasteiger partial charge is 0.419 e. The first-order valence-electron chi connectivity index (χ1n) is 8.58. The fourth-order valence-corrected chi connectivity index (χ4v) is 4.02. The molecule has 0 spiro atoms. The molecule has 0 N–H and O–H groups in total. The van der Waals surface area contributed by atoms with Gasteiger partial charge in [0, 0.05) is 25.9 Å². The first kappa shape index (κ1) is 18.0. The van der Waals surface area contributed by atoms with Gasteiger partial charge in [-0.15, -0.1) is 0 Å². The molecule has 1 saturated heterocycles. The van der Waals surface area contributed by atoms with E-state index >= 15 is 0 Å². The molecule has 142 valence electrons. The number of aromatic nitrogens is 3. The third kappa shape index (κ3) is 3.83. The number of ether oxygens (including phenoxy) is 1. The Hall–Kier alpha value is -2.42. The summed E-state index contributed by atoms with van der Waals surface area (Å²) in [5.41, 5.74) is -0.0486. The highest BCUT2D eigenvalue weighted by Crippen LogP contribution is 2.37. The molecule has 5 nitrogen and oxygen atoms in total. The Morgan fingerprint density at radius 2 is 1.89 bits per heavy atom. The van der Waals surface area contributed by atoms with E-state index in [0.717, 1.165) is 15.9 Å². The fourth-order valence-electron chi connectivity index (χ4n) is 3.09. The van der Waals surface area contributed by atoms with Gasteiger partial charge in [0.1, 0.15) is 17.7 Å². The van der Waals surface area contributed by atoms with Crippen LogP contribution >= 0.6 is 11.3 Å². The average molecular weight is 394 g/mol. The Kier molecular flexibility index (Phi) is 4.63.